The molecule has 1 aromatic carbocycles. The van der Waals surface area contributed by atoms with Crippen LogP contribution >= 0.6 is 11.8 Å². The zero-order valence-corrected chi connectivity index (χ0v) is 11.7. The monoisotopic (exact) mass is 279 g/mol. The summed E-state index contributed by atoms with van der Waals surface area (Å²) in [6.07, 6.45) is 1.35. The zero-order valence-electron chi connectivity index (χ0n) is 10.9. The van der Waals surface area contributed by atoms with E-state index in [1.165, 1.54) is 6.08 Å². The molecule has 1 aliphatic heterocycles. The van der Waals surface area contributed by atoms with E-state index in [1.54, 1.807) is 23.8 Å². The van der Waals surface area contributed by atoms with Crippen molar-refractivity contribution in [2.45, 2.75) is 5.37 Å². The fourth-order valence-corrected chi connectivity index (χ4v) is 3.06. The molecule has 1 saturated heterocycles. The quantitative estimate of drug-likeness (QED) is 0.774. The minimum atomic E-state index is -0.0429. The van der Waals surface area contributed by atoms with E-state index in [4.69, 9.17) is 9.47 Å². The first-order valence-electron chi connectivity index (χ1n) is 6.06. The van der Waals surface area contributed by atoms with E-state index < -0.39 is 0 Å². The largest absolute Gasteiger partial charge is 0.493 e. The molecule has 1 aromatic rings. The normalized spacial score (nSPS) is 18.2. The maximum atomic E-state index is 11.7. The standard InChI is InChI=1S/C14H17NO3S/c1-3-13(16)15-8-9-19-14(15)10-18-12-7-5-4-6-11(12)17-2/h3-7,14H,1,8-10H2,2H3. The van der Waals surface area contributed by atoms with Gasteiger partial charge in [0.2, 0.25) is 5.91 Å². The van der Waals surface area contributed by atoms with Gasteiger partial charge in [0.05, 0.1) is 7.11 Å². The molecule has 4 nitrogen and oxygen atoms in total. The fourth-order valence-electron chi connectivity index (χ4n) is 1.93. The van der Waals surface area contributed by atoms with Crippen LogP contribution in [0.4, 0.5) is 0 Å². The van der Waals surface area contributed by atoms with Gasteiger partial charge in [-0.1, -0.05) is 18.7 Å². The average molecular weight is 279 g/mol. The summed E-state index contributed by atoms with van der Waals surface area (Å²) in [7, 11) is 1.61. The lowest BCUT2D eigenvalue weighted by molar-refractivity contribution is -0.126. The van der Waals surface area contributed by atoms with Crippen LogP contribution in [0.2, 0.25) is 0 Å². The molecular formula is C14H17NO3S. The lowest BCUT2D eigenvalue weighted by Crippen LogP contribution is -2.36. The van der Waals surface area contributed by atoms with E-state index in [1.807, 2.05) is 24.3 Å². The summed E-state index contributed by atoms with van der Waals surface area (Å²) in [5.74, 6) is 2.29. The number of carbonyl (C=O) groups excluding carboxylic acids is 1. The second-order valence-electron chi connectivity index (χ2n) is 4.02. The van der Waals surface area contributed by atoms with Crippen molar-refractivity contribution >= 4 is 17.7 Å². The van der Waals surface area contributed by atoms with Crippen molar-refractivity contribution in [3.05, 3.63) is 36.9 Å². The number of carbonyl (C=O) groups is 1. The lowest BCUT2D eigenvalue weighted by atomic mass is 10.3. The van der Waals surface area contributed by atoms with Crippen molar-refractivity contribution < 1.29 is 14.3 Å². The first-order valence-corrected chi connectivity index (χ1v) is 7.11. The number of nitrogens with zero attached hydrogens (tertiary/aromatic N) is 1. The highest BCUT2D eigenvalue weighted by Crippen LogP contribution is 2.29. The Hall–Kier alpha value is -1.62. The smallest absolute Gasteiger partial charge is 0.247 e. The van der Waals surface area contributed by atoms with E-state index in [0.717, 1.165) is 12.3 Å². The van der Waals surface area contributed by atoms with Crippen LogP contribution in [0.25, 0.3) is 0 Å². The molecule has 102 valence electrons. The van der Waals surface area contributed by atoms with Crippen LogP contribution in [-0.2, 0) is 4.79 Å². The van der Waals surface area contributed by atoms with Gasteiger partial charge < -0.3 is 14.4 Å². The fraction of sp³-hybridized carbons (Fsp3) is 0.357. The van der Waals surface area contributed by atoms with Crippen LogP contribution in [0.5, 0.6) is 11.5 Å². The van der Waals surface area contributed by atoms with Crippen molar-refractivity contribution in [1.29, 1.82) is 0 Å². The van der Waals surface area contributed by atoms with E-state index in [0.29, 0.717) is 18.1 Å². The molecule has 1 unspecified atom stereocenters. The molecule has 1 amide bonds. The number of methoxy groups -OCH3 is 1. The molecule has 19 heavy (non-hydrogen) atoms. The molecule has 1 atom stereocenters. The van der Waals surface area contributed by atoms with Gasteiger partial charge in [0.15, 0.2) is 11.5 Å². The van der Waals surface area contributed by atoms with Gasteiger partial charge in [-0.3, -0.25) is 4.79 Å². The number of ether oxygens (including phenoxy) is 2. The van der Waals surface area contributed by atoms with Crippen molar-refractivity contribution in [3.8, 4) is 11.5 Å². The van der Waals surface area contributed by atoms with Gasteiger partial charge in [0.1, 0.15) is 12.0 Å². The maximum absolute atomic E-state index is 11.7. The molecule has 2 rings (SSSR count). The Labute approximate surface area is 117 Å². The number of rotatable bonds is 5. The summed E-state index contributed by atoms with van der Waals surface area (Å²) in [5, 5.41) is 0.0374. The first-order chi connectivity index (χ1) is 9.26. The molecule has 0 saturated carbocycles. The molecule has 0 bridgehead atoms. The molecule has 0 radical (unpaired) electrons. The van der Waals surface area contributed by atoms with E-state index in [9.17, 15) is 4.79 Å². The third-order valence-corrected chi connectivity index (χ3v) is 4.09. The molecular weight excluding hydrogens is 262 g/mol. The molecule has 0 aromatic heterocycles. The van der Waals surface area contributed by atoms with Gasteiger partial charge in [0.25, 0.3) is 0 Å². The molecule has 5 heteroatoms. The van der Waals surface area contributed by atoms with Gasteiger partial charge in [0, 0.05) is 12.3 Å². The Kier molecular flexibility index (Phi) is 4.74. The minimum absolute atomic E-state index is 0.0374. The second kappa shape index (κ2) is 6.52. The first kappa shape index (κ1) is 13.8. The summed E-state index contributed by atoms with van der Waals surface area (Å²) < 4.78 is 11.0. The number of hydrogen-bond acceptors (Lipinski definition) is 4. The van der Waals surface area contributed by atoms with Gasteiger partial charge >= 0.3 is 0 Å². The number of benzene rings is 1. The molecule has 0 aliphatic carbocycles. The van der Waals surface area contributed by atoms with Crippen LogP contribution in [-0.4, -0.2) is 42.2 Å². The third-order valence-electron chi connectivity index (χ3n) is 2.90. The van der Waals surface area contributed by atoms with Crippen LogP contribution < -0.4 is 9.47 Å². The molecule has 1 heterocycles. The topological polar surface area (TPSA) is 38.8 Å². The average Bonchev–Trinajstić information content (AvgIpc) is 2.93. The van der Waals surface area contributed by atoms with Gasteiger partial charge in [-0.2, -0.15) is 0 Å². The molecule has 1 aliphatic rings. The predicted octanol–water partition coefficient (Wildman–Crippen LogP) is 2.16. The highest BCUT2D eigenvalue weighted by Gasteiger charge is 2.28. The predicted molar refractivity (Wildman–Crippen MR) is 76.6 cm³/mol. The highest BCUT2D eigenvalue weighted by molar-refractivity contribution is 8.00. The number of hydrogen-bond donors (Lipinski definition) is 0. The zero-order chi connectivity index (χ0) is 13.7. The summed E-state index contributed by atoms with van der Waals surface area (Å²) in [6, 6.07) is 7.50. The van der Waals surface area contributed by atoms with Crippen LogP contribution in [0.15, 0.2) is 36.9 Å². The second-order valence-corrected chi connectivity index (χ2v) is 5.31. The van der Waals surface area contributed by atoms with Crippen LogP contribution in [0, 0.1) is 0 Å². The van der Waals surface area contributed by atoms with E-state index in [2.05, 4.69) is 6.58 Å². The van der Waals surface area contributed by atoms with Crippen molar-refractivity contribution in [2.24, 2.45) is 0 Å². The molecule has 0 spiro atoms. The maximum Gasteiger partial charge on any atom is 0.247 e. The summed E-state index contributed by atoms with van der Waals surface area (Å²) in [5.41, 5.74) is 0. The Morgan fingerprint density at radius 1 is 1.53 bits per heavy atom. The van der Waals surface area contributed by atoms with E-state index in [-0.39, 0.29) is 11.3 Å². The van der Waals surface area contributed by atoms with Crippen LogP contribution in [0.3, 0.4) is 0 Å². The third kappa shape index (κ3) is 3.23. The van der Waals surface area contributed by atoms with Gasteiger partial charge in [-0.25, -0.2) is 0 Å². The molecule has 1 fully saturated rings. The summed E-state index contributed by atoms with van der Waals surface area (Å²) in [4.78, 5) is 13.5. The SMILES string of the molecule is C=CC(=O)N1CCSC1COc1ccccc1OC. The Bertz CT molecular complexity index is 464. The Balaban J connectivity index is 1.98. The van der Waals surface area contributed by atoms with Crippen molar-refractivity contribution in [1.82, 2.24) is 4.90 Å². The lowest BCUT2D eigenvalue weighted by Gasteiger charge is -2.22. The van der Waals surface area contributed by atoms with Crippen molar-refractivity contribution in [3.63, 3.8) is 0 Å². The summed E-state index contributed by atoms with van der Waals surface area (Å²) in [6.45, 7) is 4.72. The number of amides is 1. The summed E-state index contributed by atoms with van der Waals surface area (Å²) >= 11 is 1.72. The van der Waals surface area contributed by atoms with Crippen molar-refractivity contribution in [2.75, 3.05) is 26.0 Å². The molecule has 0 N–H and O–H groups in total. The number of thioether (sulfide) groups is 1. The van der Waals surface area contributed by atoms with Crippen LogP contribution in [0.1, 0.15) is 0 Å². The Morgan fingerprint density at radius 3 is 2.95 bits per heavy atom. The van der Waals surface area contributed by atoms with E-state index >= 15 is 0 Å². The number of para-hydroxylation sites is 2. The van der Waals surface area contributed by atoms with Gasteiger partial charge in [-0.15, -0.1) is 11.8 Å². The van der Waals surface area contributed by atoms with Gasteiger partial charge in [-0.05, 0) is 18.2 Å². The minimum Gasteiger partial charge on any atom is -0.493 e. The highest BCUT2D eigenvalue weighted by atomic mass is 32.2. The Morgan fingerprint density at radius 2 is 2.26 bits per heavy atom.